The number of aromatic nitrogens is 5. The van der Waals surface area contributed by atoms with Crippen molar-refractivity contribution in [2.45, 2.75) is 26.9 Å². The highest BCUT2D eigenvalue weighted by Gasteiger charge is 2.14. The highest BCUT2D eigenvalue weighted by molar-refractivity contribution is 7.71. The van der Waals surface area contributed by atoms with Crippen molar-refractivity contribution in [3.05, 3.63) is 26.9 Å². The summed E-state index contributed by atoms with van der Waals surface area (Å²) in [6.45, 7) is 5.26. The van der Waals surface area contributed by atoms with Gasteiger partial charge in [0.05, 0.1) is 24.4 Å². The van der Waals surface area contributed by atoms with Crippen LogP contribution >= 0.6 is 12.2 Å². The average molecular weight is 295 g/mol. The number of aryl methyl sites for hydroxylation is 1. The van der Waals surface area contributed by atoms with E-state index in [0.717, 1.165) is 5.69 Å². The lowest BCUT2D eigenvalue weighted by molar-refractivity contribution is 0.181. The molecule has 0 unspecified atom stereocenters. The zero-order valence-corrected chi connectivity index (χ0v) is 12.5. The van der Waals surface area contributed by atoms with E-state index in [4.69, 9.17) is 17.0 Å². The zero-order chi connectivity index (χ0) is 14.7. The second-order valence-electron chi connectivity index (χ2n) is 4.32. The van der Waals surface area contributed by atoms with Gasteiger partial charge in [-0.15, -0.1) is 0 Å². The topological polar surface area (TPSA) is 77.7 Å². The van der Waals surface area contributed by atoms with E-state index in [1.54, 1.807) is 17.7 Å². The molecule has 0 amide bonds. The van der Waals surface area contributed by atoms with E-state index in [1.807, 2.05) is 13.8 Å². The number of methoxy groups -OCH3 is 1. The summed E-state index contributed by atoms with van der Waals surface area (Å²) in [5, 5.41) is 11.1. The molecule has 2 aromatic rings. The maximum Gasteiger partial charge on any atom is 0.277 e. The molecule has 0 aliphatic carbocycles. The summed E-state index contributed by atoms with van der Waals surface area (Å²) >= 11 is 5.15. The first kappa shape index (κ1) is 14.6. The second kappa shape index (κ2) is 6.10. The summed E-state index contributed by atoms with van der Waals surface area (Å²) in [6.07, 6.45) is 0. The molecule has 7 nitrogen and oxygen atoms in total. The molecule has 20 heavy (non-hydrogen) atoms. The van der Waals surface area contributed by atoms with Gasteiger partial charge in [0.2, 0.25) is 0 Å². The van der Waals surface area contributed by atoms with Crippen molar-refractivity contribution in [3.63, 3.8) is 0 Å². The van der Waals surface area contributed by atoms with Gasteiger partial charge < -0.3 is 9.30 Å². The van der Waals surface area contributed by atoms with Crippen LogP contribution in [0.4, 0.5) is 0 Å². The van der Waals surface area contributed by atoms with Crippen molar-refractivity contribution in [1.82, 2.24) is 24.5 Å². The Bertz CT molecular complexity index is 715. The Morgan fingerprint density at radius 1 is 1.50 bits per heavy atom. The average Bonchev–Trinajstić information content (AvgIpc) is 2.80. The second-order valence-corrected chi connectivity index (χ2v) is 4.70. The van der Waals surface area contributed by atoms with Gasteiger partial charge in [-0.1, -0.05) is 0 Å². The quantitative estimate of drug-likeness (QED) is 0.837. The van der Waals surface area contributed by atoms with Crippen LogP contribution in [0.3, 0.4) is 0 Å². The fourth-order valence-electron chi connectivity index (χ4n) is 1.98. The van der Waals surface area contributed by atoms with Gasteiger partial charge in [-0.05, 0) is 32.1 Å². The summed E-state index contributed by atoms with van der Waals surface area (Å²) in [5.74, 6) is 0.541. The number of rotatable bonds is 5. The maximum atomic E-state index is 12.4. The molecule has 2 heterocycles. The fraction of sp³-hybridized carbons (Fsp3) is 0.500. The predicted molar refractivity (Wildman–Crippen MR) is 77.2 cm³/mol. The molecule has 0 aliphatic heterocycles. The van der Waals surface area contributed by atoms with Gasteiger partial charge in [0.15, 0.2) is 10.6 Å². The SMILES string of the molecule is CCn1c(-c2cc(C)nn(CCOC)c2=O)n[nH]c1=S. The van der Waals surface area contributed by atoms with Crippen LogP contribution in [0.5, 0.6) is 0 Å². The first-order chi connectivity index (χ1) is 9.58. The molecule has 0 spiro atoms. The Kier molecular flexibility index (Phi) is 4.46. The van der Waals surface area contributed by atoms with Gasteiger partial charge in [0.25, 0.3) is 5.56 Å². The van der Waals surface area contributed by atoms with Crippen molar-refractivity contribution < 1.29 is 4.74 Å². The summed E-state index contributed by atoms with van der Waals surface area (Å²) in [6, 6.07) is 1.72. The van der Waals surface area contributed by atoms with Crippen LogP contribution in [-0.2, 0) is 17.8 Å². The number of H-pyrrole nitrogens is 1. The summed E-state index contributed by atoms with van der Waals surface area (Å²) < 4.78 is 8.67. The zero-order valence-electron chi connectivity index (χ0n) is 11.7. The number of nitrogens with one attached hydrogen (secondary N) is 1. The molecule has 0 atom stereocenters. The molecular weight excluding hydrogens is 278 g/mol. The third kappa shape index (κ3) is 2.70. The Hall–Kier alpha value is -1.80. The largest absolute Gasteiger partial charge is 0.383 e. The highest BCUT2D eigenvalue weighted by atomic mass is 32.1. The molecule has 2 rings (SSSR count). The van der Waals surface area contributed by atoms with E-state index < -0.39 is 0 Å². The number of aromatic amines is 1. The molecule has 0 saturated heterocycles. The highest BCUT2D eigenvalue weighted by Crippen LogP contribution is 2.13. The minimum Gasteiger partial charge on any atom is -0.383 e. The maximum absolute atomic E-state index is 12.4. The molecule has 0 saturated carbocycles. The first-order valence-corrected chi connectivity index (χ1v) is 6.72. The Balaban J connectivity index is 2.59. The van der Waals surface area contributed by atoms with E-state index in [0.29, 0.717) is 35.9 Å². The molecule has 0 fully saturated rings. The molecular formula is C12H17N5O2S. The smallest absolute Gasteiger partial charge is 0.277 e. The standard InChI is InChI=1S/C12H17N5O2S/c1-4-16-10(13-14-12(16)20)9-7-8(2)15-17(11(9)18)5-6-19-3/h7H,4-6H2,1-3H3,(H,14,20). The van der Waals surface area contributed by atoms with Gasteiger partial charge in [-0.2, -0.15) is 10.2 Å². The molecule has 0 aliphatic rings. The lowest BCUT2D eigenvalue weighted by Crippen LogP contribution is -2.27. The molecule has 2 aromatic heterocycles. The first-order valence-electron chi connectivity index (χ1n) is 6.31. The Morgan fingerprint density at radius 3 is 2.90 bits per heavy atom. The monoisotopic (exact) mass is 295 g/mol. The van der Waals surface area contributed by atoms with Crippen LogP contribution in [0.25, 0.3) is 11.4 Å². The summed E-state index contributed by atoms with van der Waals surface area (Å²) in [7, 11) is 1.59. The summed E-state index contributed by atoms with van der Waals surface area (Å²) in [4.78, 5) is 12.4. The van der Waals surface area contributed by atoms with E-state index in [-0.39, 0.29) is 5.56 Å². The normalized spacial score (nSPS) is 10.9. The minimum absolute atomic E-state index is 0.198. The van der Waals surface area contributed by atoms with Crippen molar-refractivity contribution in [2.75, 3.05) is 13.7 Å². The van der Waals surface area contributed by atoms with Crippen LogP contribution in [0, 0.1) is 11.7 Å². The number of nitrogens with zero attached hydrogens (tertiary/aromatic N) is 4. The van der Waals surface area contributed by atoms with Gasteiger partial charge in [-0.3, -0.25) is 9.89 Å². The lowest BCUT2D eigenvalue weighted by atomic mass is 10.2. The van der Waals surface area contributed by atoms with Crippen LogP contribution in [0.15, 0.2) is 10.9 Å². The molecule has 8 heteroatoms. The third-order valence-electron chi connectivity index (χ3n) is 2.92. The van der Waals surface area contributed by atoms with Crippen LogP contribution in [0.2, 0.25) is 0 Å². The molecule has 0 radical (unpaired) electrons. The van der Waals surface area contributed by atoms with Crippen molar-refractivity contribution in [2.24, 2.45) is 0 Å². The number of hydrogen-bond donors (Lipinski definition) is 1. The molecule has 1 N–H and O–H groups in total. The van der Waals surface area contributed by atoms with Crippen LogP contribution < -0.4 is 5.56 Å². The number of hydrogen-bond acceptors (Lipinski definition) is 5. The van der Waals surface area contributed by atoms with Crippen LogP contribution in [0.1, 0.15) is 12.6 Å². The van der Waals surface area contributed by atoms with E-state index in [9.17, 15) is 4.79 Å². The van der Waals surface area contributed by atoms with Crippen molar-refractivity contribution in [1.29, 1.82) is 0 Å². The van der Waals surface area contributed by atoms with Crippen molar-refractivity contribution in [3.8, 4) is 11.4 Å². The van der Waals surface area contributed by atoms with Gasteiger partial charge in [-0.25, -0.2) is 4.68 Å². The third-order valence-corrected chi connectivity index (χ3v) is 3.23. The fourth-order valence-corrected chi connectivity index (χ4v) is 2.24. The molecule has 108 valence electrons. The Labute approximate surface area is 121 Å². The molecule has 0 bridgehead atoms. The minimum atomic E-state index is -0.198. The van der Waals surface area contributed by atoms with Crippen LogP contribution in [-0.4, -0.2) is 38.3 Å². The van der Waals surface area contributed by atoms with E-state index >= 15 is 0 Å². The predicted octanol–water partition coefficient (Wildman–Crippen LogP) is 1.14. The Morgan fingerprint density at radius 2 is 2.25 bits per heavy atom. The van der Waals surface area contributed by atoms with Crippen molar-refractivity contribution >= 4 is 12.2 Å². The van der Waals surface area contributed by atoms with E-state index in [2.05, 4.69) is 15.3 Å². The van der Waals surface area contributed by atoms with Gasteiger partial charge in [0, 0.05) is 13.7 Å². The lowest BCUT2D eigenvalue weighted by Gasteiger charge is -2.08. The molecule has 0 aromatic carbocycles. The van der Waals surface area contributed by atoms with Gasteiger partial charge >= 0.3 is 0 Å². The van der Waals surface area contributed by atoms with Gasteiger partial charge in [0.1, 0.15) is 0 Å². The summed E-state index contributed by atoms with van der Waals surface area (Å²) in [5.41, 5.74) is 1.03. The van der Waals surface area contributed by atoms with E-state index in [1.165, 1.54) is 4.68 Å². The number of ether oxygens (including phenoxy) is 1.